The molecule has 6 nitrogen and oxygen atoms in total. The zero-order chi connectivity index (χ0) is 26.0. The van der Waals surface area contributed by atoms with Gasteiger partial charge in [-0.05, 0) is 73.9 Å². The summed E-state index contributed by atoms with van der Waals surface area (Å²) in [5.41, 5.74) is 1.42. The quantitative estimate of drug-likeness (QED) is 0.461. The molecule has 1 amide bonds. The van der Waals surface area contributed by atoms with Crippen LogP contribution < -0.4 is 14.4 Å². The first-order valence-electron chi connectivity index (χ1n) is 10.6. The Balaban J connectivity index is 2.10. The summed E-state index contributed by atoms with van der Waals surface area (Å²) in [6.07, 6.45) is -4.70. The molecule has 0 spiro atoms. The van der Waals surface area contributed by atoms with Gasteiger partial charge in [-0.3, -0.25) is 9.10 Å². The minimum Gasteiger partial charge on any atom is -0.495 e. The molecule has 0 atom stereocenters. The van der Waals surface area contributed by atoms with E-state index in [0.717, 1.165) is 23.3 Å². The van der Waals surface area contributed by atoms with Gasteiger partial charge in [0.05, 0.1) is 18.4 Å². The Morgan fingerprint density at radius 1 is 1.00 bits per heavy atom. The SMILES string of the molecule is COc1ccc(C)cc1S(=O)(=O)N(CC(=O)Nc1cccc(C)c1C)c1cccc(C(F)(F)F)c1. The normalized spacial score (nSPS) is 11.7. The van der Waals surface area contributed by atoms with Gasteiger partial charge in [0, 0.05) is 5.69 Å². The number of anilines is 2. The van der Waals surface area contributed by atoms with Gasteiger partial charge in [0.25, 0.3) is 10.0 Å². The van der Waals surface area contributed by atoms with Crippen molar-refractivity contribution >= 4 is 27.3 Å². The number of halogens is 3. The Kier molecular flexibility index (Phi) is 7.44. The number of amides is 1. The van der Waals surface area contributed by atoms with E-state index in [1.54, 1.807) is 32.0 Å². The highest BCUT2D eigenvalue weighted by molar-refractivity contribution is 7.93. The van der Waals surface area contributed by atoms with Crippen LogP contribution in [0, 0.1) is 20.8 Å². The number of benzene rings is 3. The van der Waals surface area contributed by atoms with E-state index in [1.165, 1.54) is 25.3 Å². The van der Waals surface area contributed by atoms with E-state index in [1.807, 2.05) is 13.0 Å². The Morgan fingerprint density at radius 3 is 2.34 bits per heavy atom. The van der Waals surface area contributed by atoms with Gasteiger partial charge in [0.15, 0.2) is 0 Å². The number of aryl methyl sites for hydroxylation is 2. The zero-order valence-electron chi connectivity index (χ0n) is 19.6. The molecule has 0 fully saturated rings. The van der Waals surface area contributed by atoms with Crippen LogP contribution in [0.2, 0.25) is 0 Å². The van der Waals surface area contributed by atoms with Crippen molar-refractivity contribution < 1.29 is 31.1 Å². The van der Waals surface area contributed by atoms with Crippen LogP contribution in [0.25, 0.3) is 0 Å². The number of methoxy groups -OCH3 is 1. The second kappa shape index (κ2) is 9.99. The topological polar surface area (TPSA) is 75.7 Å². The molecule has 10 heteroatoms. The lowest BCUT2D eigenvalue weighted by Crippen LogP contribution is -2.38. The maximum absolute atomic E-state index is 13.7. The molecule has 0 saturated heterocycles. The molecule has 3 aromatic rings. The molecule has 35 heavy (non-hydrogen) atoms. The third-order valence-corrected chi connectivity index (χ3v) is 7.31. The minimum absolute atomic E-state index is 0.00233. The highest BCUT2D eigenvalue weighted by Gasteiger charge is 2.34. The van der Waals surface area contributed by atoms with Crippen LogP contribution >= 0.6 is 0 Å². The average Bonchev–Trinajstić information content (AvgIpc) is 2.80. The lowest BCUT2D eigenvalue weighted by atomic mass is 10.1. The molecule has 0 heterocycles. The molecule has 0 aliphatic rings. The highest BCUT2D eigenvalue weighted by atomic mass is 32.2. The van der Waals surface area contributed by atoms with E-state index >= 15 is 0 Å². The number of rotatable bonds is 7. The lowest BCUT2D eigenvalue weighted by molar-refractivity contribution is -0.137. The molecule has 0 aliphatic carbocycles. The molecule has 0 unspecified atom stereocenters. The van der Waals surface area contributed by atoms with Crippen LogP contribution in [0.3, 0.4) is 0 Å². The van der Waals surface area contributed by atoms with Gasteiger partial charge in [-0.1, -0.05) is 24.3 Å². The second-order valence-electron chi connectivity index (χ2n) is 8.01. The van der Waals surface area contributed by atoms with E-state index in [-0.39, 0.29) is 16.3 Å². The first-order chi connectivity index (χ1) is 16.3. The van der Waals surface area contributed by atoms with Crippen molar-refractivity contribution in [1.82, 2.24) is 0 Å². The number of ether oxygens (including phenoxy) is 1. The van der Waals surface area contributed by atoms with Crippen molar-refractivity contribution in [1.29, 1.82) is 0 Å². The van der Waals surface area contributed by atoms with E-state index in [9.17, 15) is 26.4 Å². The maximum atomic E-state index is 13.7. The Morgan fingerprint density at radius 2 is 1.69 bits per heavy atom. The van der Waals surface area contributed by atoms with E-state index in [2.05, 4.69) is 5.32 Å². The maximum Gasteiger partial charge on any atom is 0.416 e. The third-order valence-electron chi connectivity index (χ3n) is 5.51. The minimum atomic E-state index is -4.70. The van der Waals surface area contributed by atoms with Crippen LogP contribution in [-0.4, -0.2) is 28.0 Å². The Hall–Kier alpha value is -3.53. The predicted molar refractivity (Wildman–Crippen MR) is 128 cm³/mol. The molecule has 0 saturated carbocycles. The number of carbonyl (C=O) groups is 1. The van der Waals surface area contributed by atoms with Gasteiger partial charge in [0.2, 0.25) is 5.91 Å². The monoisotopic (exact) mass is 506 g/mol. The fraction of sp³-hybridized carbons (Fsp3) is 0.240. The number of carbonyl (C=O) groups excluding carboxylic acids is 1. The molecular formula is C25H25F3N2O4S. The smallest absolute Gasteiger partial charge is 0.416 e. The van der Waals surface area contributed by atoms with Crippen LogP contribution in [0.5, 0.6) is 5.75 Å². The number of hydrogen-bond acceptors (Lipinski definition) is 4. The molecule has 3 aromatic carbocycles. The van der Waals surface area contributed by atoms with Crippen molar-refractivity contribution in [3.63, 3.8) is 0 Å². The molecule has 186 valence electrons. The number of sulfonamides is 1. The summed E-state index contributed by atoms with van der Waals surface area (Å²) in [5.74, 6) is -0.714. The summed E-state index contributed by atoms with van der Waals surface area (Å²) in [6, 6.07) is 13.5. The number of nitrogens with one attached hydrogen (secondary N) is 1. The zero-order valence-corrected chi connectivity index (χ0v) is 20.4. The first-order valence-corrected chi connectivity index (χ1v) is 12.0. The van der Waals surface area contributed by atoms with Crippen molar-refractivity contribution in [2.75, 3.05) is 23.3 Å². The summed E-state index contributed by atoms with van der Waals surface area (Å²) >= 11 is 0. The largest absolute Gasteiger partial charge is 0.495 e. The lowest BCUT2D eigenvalue weighted by Gasteiger charge is -2.26. The average molecular weight is 507 g/mol. The summed E-state index contributed by atoms with van der Waals surface area (Å²) in [6.45, 7) is 4.56. The highest BCUT2D eigenvalue weighted by Crippen LogP contribution is 2.35. The summed E-state index contributed by atoms with van der Waals surface area (Å²) in [7, 11) is -3.22. The van der Waals surface area contributed by atoms with Crippen LogP contribution in [0.15, 0.2) is 65.6 Å². The van der Waals surface area contributed by atoms with Crippen molar-refractivity contribution in [3.8, 4) is 5.75 Å². The standard InChI is InChI=1S/C25H25F3N2O4S/c1-16-11-12-22(34-4)23(13-16)35(32,33)30(20-9-6-8-19(14-20)25(26,27)28)15-24(31)29-21-10-5-7-17(2)18(21)3/h5-14H,15H2,1-4H3,(H,29,31). The fourth-order valence-electron chi connectivity index (χ4n) is 3.46. The number of alkyl halides is 3. The third kappa shape index (κ3) is 5.76. The van der Waals surface area contributed by atoms with Crippen molar-refractivity contribution in [2.45, 2.75) is 31.8 Å². The van der Waals surface area contributed by atoms with Crippen LogP contribution in [-0.2, 0) is 21.0 Å². The van der Waals surface area contributed by atoms with E-state index in [0.29, 0.717) is 21.6 Å². The molecule has 3 rings (SSSR count). The molecule has 1 N–H and O–H groups in total. The van der Waals surface area contributed by atoms with Gasteiger partial charge in [0.1, 0.15) is 17.2 Å². The second-order valence-corrected chi connectivity index (χ2v) is 9.84. The summed E-state index contributed by atoms with van der Waals surface area (Å²) in [5, 5.41) is 2.66. The molecule has 0 radical (unpaired) electrons. The molecule has 0 aliphatic heterocycles. The first kappa shape index (κ1) is 26.1. The van der Waals surface area contributed by atoms with Gasteiger partial charge >= 0.3 is 6.18 Å². The van der Waals surface area contributed by atoms with Gasteiger partial charge in [-0.25, -0.2) is 8.42 Å². The van der Waals surface area contributed by atoms with Crippen LogP contribution in [0.4, 0.5) is 24.5 Å². The van der Waals surface area contributed by atoms with Gasteiger partial charge < -0.3 is 10.1 Å². The Labute approximate surface area is 202 Å². The molecular weight excluding hydrogens is 481 g/mol. The number of nitrogens with zero attached hydrogens (tertiary/aromatic N) is 1. The fourth-order valence-corrected chi connectivity index (χ4v) is 5.12. The predicted octanol–water partition coefficient (Wildman–Crippen LogP) is 5.47. The number of hydrogen-bond donors (Lipinski definition) is 1. The summed E-state index contributed by atoms with van der Waals surface area (Å²) in [4.78, 5) is 12.7. The van der Waals surface area contributed by atoms with Crippen molar-refractivity contribution in [2.24, 2.45) is 0 Å². The van der Waals surface area contributed by atoms with Crippen molar-refractivity contribution in [3.05, 3.63) is 82.9 Å². The van der Waals surface area contributed by atoms with Gasteiger partial charge in [-0.15, -0.1) is 0 Å². The van der Waals surface area contributed by atoms with E-state index in [4.69, 9.17) is 4.74 Å². The Bertz CT molecular complexity index is 1360. The molecule has 0 bridgehead atoms. The van der Waals surface area contributed by atoms with Crippen LogP contribution in [0.1, 0.15) is 22.3 Å². The van der Waals surface area contributed by atoms with Gasteiger partial charge in [-0.2, -0.15) is 13.2 Å². The molecule has 0 aromatic heterocycles. The van der Waals surface area contributed by atoms with E-state index < -0.39 is 34.2 Å². The summed E-state index contributed by atoms with van der Waals surface area (Å²) < 4.78 is 73.4.